The average molecular weight is 430 g/mol. The second-order valence-corrected chi connectivity index (χ2v) is 8.01. The van der Waals surface area contributed by atoms with Crippen LogP contribution in [0.4, 0.5) is 22.4 Å². The van der Waals surface area contributed by atoms with Crippen LogP contribution < -0.4 is 0 Å². The van der Waals surface area contributed by atoms with Crippen molar-refractivity contribution in [3.8, 4) is 0 Å². The number of ketones is 1. The molecule has 0 N–H and O–H groups in total. The molecule has 10 heteroatoms. The summed E-state index contributed by atoms with van der Waals surface area (Å²) in [6, 6.07) is 2.06. The Labute approximate surface area is 170 Å². The smallest absolute Gasteiger partial charge is 0.370 e. The number of likely N-dealkylation sites (tertiary alicyclic amines) is 2. The van der Waals surface area contributed by atoms with Crippen molar-refractivity contribution in [2.75, 3.05) is 32.8 Å². The van der Waals surface area contributed by atoms with Gasteiger partial charge >= 0.3 is 12.2 Å². The van der Waals surface area contributed by atoms with E-state index in [4.69, 9.17) is 9.47 Å². The lowest BCUT2D eigenvalue weighted by Gasteiger charge is -2.45. The summed E-state index contributed by atoms with van der Waals surface area (Å²) in [5.74, 6) is -0.701. The molecule has 3 heterocycles. The number of hydrogen-bond donors (Lipinski definition) is 0. The predicted molar refractivity (Wildman–Crippen MR) is 96.0 cm³/mol. The molecular weight excluding hydrogens is 408 g/mol. The lowest BCUT2D eigenvalue weighted by molar-refractivity contribution is -0.140. The Kier molecular flexibility index (Phi) is 5.71. The molecule has 0 aliphatic carbocycles. The highest BCUT2D eigenvalue weighted by Gasteiger charge is 2.40. The minimum atomic E-state index is -4.55. The Morgan fingerprint density at radius 2 is 1.97 bits per heavy atom. The Morgan fingerprint density at radius 1 is 1.20 bits per heavy atom. The van der Waals surface area contributed by atoms with E-state index in [1.165, 1.54) is 0 Å². The summed E-state index contributed by atoms with van der Waals surface area (Å²) in [6.07, 6.45) is -3.79. The third-order valence-electron chi connectivity index (χ3n) is 5.85. The Morgan fingerprint density at radius 3 is 2.70 bits per heavy atom. The molecule has 1 aromatic carbocycles. The number of nitrogens with zero attached hydrogens (tertiary/aromatic N) is 2. The van der Waals surface area contributed by atoms with Crippen LogP contribution in [0.5, 0.6) is 0 Å². The summed E-state index contributed by atoms with van der Waals surface area (Å²) in [5.41, 5.74) is -1.10. The molecule has 164 valence electrons. The first kappa shape index (κ1) is 21.0. The van der Waals surface area contributed by atoms with E-state index >= 15 is 0 Å². The van der Waals surface area contributed by atoms with Gasteiger partial charge in [-0.2, -0.15) is 13.2 Å². The Balaban J connectivity index is 1.25. The highest BCUT2D eigenvalue weighted by Crippen LogP contribution is 2.31. The number of hydrogen-bond acceptors (Lipinski definition) is 4. The van der Waals surface area contributed by atoms with Crippen LogP contribution in [0.3, 0.4) is 0 Å². The van der Waals surface area contributed by atoms with Gasteiger partial charge in [-0.05, 0) is 24.6 Å². The van der Waals surface area contributed by atoms with Gasteiger partial charge in [-0.3, -0.25) is 4.79 Å². The second kappa shape index (κ2) is 8.14. The molecule has 3 aliphatic rings. The number of alkyl halides is 3. The summed E-state index contributed by atoms with van der Waals surface area (Å²) >= 11 is 0. The topological polar surface area (TPSA) is 59.1 Å². The zero-order valence-corrected chi connectivity index (χ0v) is 16.2. The molecule has 0 radical (unpaired) electrons. The van der Waals surface area contributed by atoms with Gasteiger partial charge in [0.05, 0.1) is 37.5 Å². The molecule has 30 heavy (non-hydrogen) atoms. The number of piperidine rings is 1. The molecule has 1 aromatic rings. The van der Waals surface area contributed by atoms with Crippen molar-refractivity contribution in [1.29, 1.82) is 0 Å². The van der Waals surface area contributed by atoms with Gasteiger partial charge in [0.2, 0.25) is 0 Å². The van der Waals surface area contributed by atoms with E-state index in [9.17, 15) is 27.2 Å². The van der Waals surface area contributed by atoms with Crippen molar-refractivity contribution in [3.05, 3.63) is 35.1 Å². The Hall–Kier alpha value is -2.20. The zero-order valence-electron chi connectivity index (χ0n) is 16.2. The highest BCUT2D eigenvalue weighted by molar-refractivity contribution is 5.81. The van der Waals surface area contributed by atoms with E-state index in [-0.39, 0.29) is 48.7 Å². The molecular formula is C20H22F4N2O4. The maximum absolute atomic E-state index is 13.8. The van der Waals surface area contributed by atoms with Crippen molar-refractivity contribution >= 4 is 11.8 Å². The lowest BCUT2D eigenvalue weighted by atomic mass is 9.88. The first-order chi connectivity index (χ1) is 14.2. The van der Waals surface area contributed by atoms with Crippen LogP contribution in [0, 0.1) is 11.7 Å². The molecule has 0 aromatic heterocycles. The molecule has 0 unspecified atom stereocenters. The van der Waals surface area contributed by atoms with Gasteiger partial charge < -0.3 is 19.3 Å². The number of ether oxygens (including phenoxy) is 2. The van der Waals surface area contributed by atoms with Crippen molar-refractivity contribution in [1.82, 2.24) is 9.80 Å². The molecule has 3 saturated heterocycles. The predicted octanol–water partition coefficient (Wildman–Crippen LogP) is 2.85. The largest absolute Gasteiger partial charge is 0.416 e. The first-order valence-corrected chi connectivity index (χ1v) is 9.85. The number of urea groups is 1. The molecule has 3 aliphatic heterocycles. The quantitative estimate of drug-likeness (QED) is 0.692. The molecule has 2 amide bonds. The molecule has 2 atom stereocenters. The summed E-state index contributed by atoms with van der Waals surface area (Å²) in [6.45, 7) is 1.44. The van der Waals surface area contributed by atoms with Gasteiger partial charge in [-0.25, -0.2) is 9.18 Å². The highest BCUT2D eigenvalue weighted by atomic mass is 19.4. The number of carbonyl (C=O) groups is 2. The van der Waals surface area contributed by atoms with Crippen molar-refractivity contribution in [3.63, 3.8) is 0 Å². The van der Waals surface area contributed by atoms with E-state index in [0.29, 0.717) is 45.1 Å². The molecule has 0 spiro atoms. The summed E-state index contributed by atoms with van der Waals surface area (Å²) in [7, 11) is 0. The van der Waals surface area contributed by atoms with Crippen LogP contribution in [-0.2, 0) is 27.1 Å². The van der Waals surface area contributed by atoms with Gasteiger partial charge in [0.1, 0.15) is 12.4 Å². The number of fused-ring (bicyclic) bond motifs is 1. The maximum atomic E-state index is 13.8. The van der Waals surface area contributed by atoms with Crippen LogP contribution in [0.25, 0.3) is 0 Å². The fraction of sp³-hybridized carbons (Fsp3) is 0.600. The zero-order chi connectivity index (χ0) is 21.5. The monoisotopic (exact) mass is 430 g/mol. The fourth-order valence-electron chi connectivity index (χ4n) is 4.12. The minimum absolute atomic E-state index is 0.0150. The van der Waals surface area contributed by atoms with Crippen molar-refractivity contribution in [2.45, 2.75) is 37.8 Å². The average Bonchev–Trinajstić information content (AvgIpc) is 2.66. The maximum Gasteiger partial charge on any atom is 0.416 e. The van der Waals surface area contributed by atoms with Crippen molar-refractivity contribution in [2.24, 2.45) is 5.92 Å². The molecule has 6 nitrogen and oxygen atoms in total. The standard InChI is InChI=1S/C20H22F4N2O4/c21-17-2-1-14(20(22,23)24)5-13(17)10-29-16-8-26(9-16)19(28)25-4-3-18-12(7-25)6-15(27)11-30-18/h1-2,5,12,16,18H,3-4,6-11H2/t12-,18+/m1/s1. The summed E-state index contributed by atoms with van der Waals surface area (Å²) in [5, 5.41) is 0. The molecule has 3 fully saturated rings. The summed E-state index contributed by atoms with van der Waals surface area (Å²) < 4.78 is 63.2. The van der Waals surface area contributed by atoms with Gasteiger partial charge in [-0.1, -0.05) is 0 Å². The molecule has 0 bridgehead atoms. The van der Waals surface area contributed by atoms with Gasteiger partial charge in [0.15, 0.2) is 5.78 Å². The van der Waals surface area contributed by atoms with Crippen LogP contribution in [0.2, 0.25) is 0 Å². The fourth-order valence-corrected chi connectivity index (χ4v) is 4.12. The normalized spacial score (nSPS) is 25.1. The number of rotatable bonds is 3. The number of benzene rings is 1. The van der Waals surface area contributed by atoms with E-state index in [1.54, 1.807) is 9.80 Å². The first-order valence-electron chi connectivity index (χ1n) is 9.85. The Bertz CT molecular complexity index is 826. The minimum Gasteiger partial charge on any atom is -0.370 e. The van der Waals surface area contributed by atoms with E-state index in [2.05, 4.69) is 0 Å². The number of carbonyl (C=O) groups excluding carboxylic acids is 2. The van der Waals surface area contributed by atoms with Gasteiger partial charge in [0, 0.05) is 31.0 Å². The molecule has 4 rings (SSSR count). The SMILES string of the molecule is O=C1CO[C@H]2CCN(C(=O)N3CC(OCc4cc(C(F)(F)F)ccc4F)C3)C[C@H]2C1. The molecule has 0 saturated carbocycles. The number of halogens is 4. The second-order valence-electron chi connectivity index (χ2n) is 8.01. The van der Waals surface area contributed by atoms with Gasteiger partial charge in [-0.15, -0.1) is 0 Å². The summed E-state index contributed by atoms with van der Waals surface area (Å²) in [4.78, 5) is 27.5. The third kappa shape index (κ3) is 4.44. The van der Waals surface area contributed by atoms with Crippen LogP contribution >= 0.6 is 0 Å². The van der Waals surface area contributed by atoms with Crippen molar-refractivity contribution < 1.29 is 36.6 Å². The van der Waals surface area contributed by atoms with E-state index in [0.717, 1.165) is 12.1 Å². The van der Waals surface area contributed by atoms with E-state index < -0.39 is 17.6 Å². The van der Waals surface area contributed by atoms with Gasteiger partial charge in [0.25, 0.3) is 0 Å². The lowest BCUT2D eigenvalue weighted by Crippen LogP contribution is -2.61. The third-order valence-corrected chi connectivity index (χ3v) is 5.85. The van der Waals surface area contributed by atoms with Crippen LogP contribution in [0.1, 0.15) is 24.0 Å². The van der Waals surface area contributed by atoms with Crippen LogP contribution in [0.15, 0.2) is 18.2 Å². The van der Waals surface area contributed by atoms with Crippen LogP contribution in [-0.4, -0.2) is 66.6 Å². The number of Topliss-reactive ketones (excluding diaryl/α,β-unsaturated/α-hetero) is 1. The van der Waals surface area contributed by atoms with E-state index in [1.807, 2.05) is 0 Å². The number of amides is 2.